The van der Waals surface area contributed by atoms with Crippen LogP contribution in [0.15, 0.2) is 0 Å². The molecule has 3 nitrogen and oxygen atoms in total. The molecule has 1 heterocycles. The van der Waals surface area contributed by atoms with Gasteiger partial charge in [-0.05, 0) is 39.5 Å². The van der Waals surface area contributed by atoms with Crippen molar-refractivity contribution in [1.82, 2.24) is 9.78 Å². The van der Waals surface area contributed by atoms with Gasteiger partial charge in [0.2, 0.25) is 0 Å². The van der Waals surface area contributed by atoms with Gasteiger partial charge in [-0.3, -0.25) is 4.68 Å². The van der Waals surface area contributed by atoms with Crippen LogP contribution < -0.4 is 0 Å². The van der Waals surface area contributed by atoms with E-state index in [1.807, 2.05) is 4.68 Å². The fourth-order valence-corrected chi connectivity index (χ4v) is 2.11. The van der Waals surface area contributed by atoms with Gasteiger partial charge in [-0.25, -0.2) is 0 Å². The van der Waals surface area contributed by atoms with Gasteiger partial charge in [0.05, 0.1) is 11.2 Å². The van der Waals surface area contributed by atoms with E-state index in [2.05, 4.69) is 53.6 Å². The van der Waals surface area contributed by atoms with E-state index in [0.717, 1.165) is 24.2 Å². The van der Waals surface area contributed by atoms with Gasteiger partial charge in [0.15, 0.2) is 5.75 Å². The number of hydrogen-bond acceptors (Lipinski definition) is 2. The molecule has 0 aliphatic heterocycles. The predicted molar refractivity (Wildman–Crippen MR) is 76.1 cm³/mol. The van der Waals surface area contributed by atoms with E-state index in [0.29, 0.717) is 17.6 Å². The van der Waals surface area contributed by atoms with Crippen LogP contribution in [0, 0.1) is 5.92 Å². The molecule has 0 radical (unpaired) electrons. The number of aromatic hydroxyl groups is 1. The minimum absolute atomic E-state index is 0.0899. The van der Waals surface area contributed by atoms with E-state index >= 15 is 0 Å². The zero-order valence-corrected chi connectivity index (χ0v) is 12.9. The Morgan fingerprint density at radius 2 is 1.78 bits per heavy atom. The zero-order valence-electron chi connectivity index (χ0n) is 12.9. The lowest BCUT2D eigenvalue weighted by Gasteiger charge is -2.23. The van der Waals surface area contributed by atoms with Crippen LogP contribution in [0.5, 0.6) is 5.75 Å². The highest BCUT2D eigenvalue weighted by Crippen LogP contribution is 2.34. The highest BCUT2D eigenvalue weighted by atomic mass is 16.3. The first-order valence-corrected chi connectivity index (χ1v) is 6.99. The molecule has 1 unspecified atom stereocenters. The quantitative estimate of drug-likeness (QED) is 0.877. The van der Waals surface area contributed by atoms with Crippen LogP contribution in [0.2, 0.25) is 0 Å². The lowest BCUT2D eigenvalue weighted by molar-refractivity contribution is 0.332. The van der Waals surface area contributed by atoms with E-state index in [4.69, 9.17) is 0 Å². The van der Waals surface area contributed by atoms with E-state index in [9.17, 15) is 5.11 Å². The largest absolute Gasteiger partial charge is 0.504 e. The number of rotatable bonds is 4. The third-order valence-electron chi connectivity index (χ3n) is 3.30. The van der Waals surface area contributed by atoms with Crippen LogP contribution in [0.1, 0.15) is 72.2 Å². The molecular weight excluding hydrogens is 224 g/mol. The molecule has 0 aromatic carbocycles. The Kier molecular flexibility index (Phi) is 4.46. The summed E-state index contributed by atoms with van der Waals surface area (Å²) in [4.78, 5) is 0. The second kappa shape index (κ2) is 5.33. The maximum absolute atomic E-state index is 10.4. The molecule has 1 atom stereocenters. The number of aromatic nitrogens is 2. The van der Waals surface area contributed by atoms with Gasteiger partial charge in [-0.1, -0.05) is 27.7 Å². The van der Waals surface area contributed by atoms with E-state index < -0.39 is 0 Å². The molecule has 0 saturated carbocycles. The van der Waals surface area contributed by atoms with Crippen molar-refractivity contribution in [2.75, 3.05) is 0 Å². The van der Waals surface area contributed by atoms with Gasteiger partial charge in [-0.15, -0.1) is 0 Å². The topological polar surface area (TPSA) is 38.0 Å². The van der Waals surface area contributed by atoms with Gasteiger partial charge >= 0.3 is 0 Å². The Morgan fingerprint density at radius 3 is 2.17 bits per heavy atom. The second-order valence-electron chi connectivity index (χ2n) is 6.67. The van der Waals surface area contributed by atoms with E-state index in [1.54, 1.807) is 0 Å². The SMILES string of the molecule is CCC(C)c1nn(C(C)(C)C)c(CC(C)C)c1O. The van der Waals surface area contributed by atoms with Gasteiger partial charge in [0.25, 0.3) is 0 Å². The Morgan fingerprint density at radius 1 is 1.22 bits per heavy atom. The van der Waals surface area contributed by atoms with E-state index in [-0.39, 0.29) is 5.54 Å². The monoisotopic (exact) mass is 252 g/mol. The summed E-state index contributed by atoms with van der Waals surface area (Å²) in [6.07, 6.45) is 1.86. The molecule has 1 N–H and O–H groups in total. The Bertz CT molecular complexity index is 399. The molecule has 0 bridgehead atoms. The van der Waals surface area contributed by atoms with Crippen LogP contribution in [-0.4, -0.2) is 14.9 Å². The molecule has 0 amide bonds. The van der Waals surface area contributed by atoms with Crippen molar-refractivity contribution in [3.8, 4) is 5.75 Å². The summed E-state index contributed by atoms with van der Waals surface area (Å²) >= 11 is 0. The highest BCUT2D eigenvalue weighted by Gasteiger charge is 2.26. The summed E-state index contributed by atoms with van der Waals surface area (Å²) < 4.78 is 2.00. The summed E-state index contributed by atoms with van der Waals surface area (Å²) in [5, 5.41) is 15.1. The Hall–Kier alpha value is -0.990. The van der Waals surface area contributed by atoms with E-state index in [1.165, 1.54) is 0 Å². The number of hydrogen-bond donors (Lipinski definition) is 1. The van der Waals surface area contributed by atoms with Crippen molar-refractivity contribution in [2.45, 2.75) is 72.8 Å². The number of nitrogens with zero attached hydrogens (tertiary/aromatic N) is 2. The summed E-state index contributed by atoms with van der Waals surface area (Å²) in [6.45, 7) is 15.0. The summed E-state index contributed by atoms with van der Waals surface area (Å²) in [5.41, 5.74) is 1.74. The molecule has 1 rings (SSSR count). The van der Waals surface area contributed by atoms with Crippen LogP contribution in [0.4, 0.5) is 0 Å². The maximum atomic E-state index is 10.4. The third-order valence-corrected chi connectivity index (χ3v) is 3.30. The fourth-order valence-electron chi connectivity index (χ4n) is 2.11. The van der Waals surface area contributed by atoms with Crippen LogP contribution >= 0.6 is 0 Å². The standard InChI is InChI=1S/C15H28N2O/c1-8-11(4)13-14(18)12(9-10(2)3)17(16-13)15(5,6)7/h10-11,18H,8-9H2,1-7H3. The minimum Gasteiger partial charge on any atom is -0.504 e. The molecule has 0 saturated heterocycles. The molecule has 0 spiro atoms. The third kappa shape index (κ3) is 3.06. The first-order valence-electron chi connectivity index (χ1n) is 6.99. The molecule has 104 valence electrons. The van der Waals surface area contributed by atoms with Crippen LogP contribution in [0.3, 0.4) is 0 Å². The summed E-state index contributed by atoms with van der Waals surface area (Å²) in [5.74, 6) is 1.23. The van der Waals surface area contributed by atoms with Gasteiger partial charge < -0.3 is 5.11 Å². The first-order chi connectivity index (χ1) is 8.18. The molecular formula is C15H28N2O. The van der Waals surface area contributed by atoms with Crippen molar-refractivity contribution < 1.29 is 5.11 Å². The molecule has 18 heavy (non-hydrogen) atoms. The maximum Gasteiger partial charge on any atom is 0.160 e. The van der Waals surface area contributed by atoms with Crippen LogP contribution in [-0.2, 0) is 12.0 Å². The van der Waals surface area contributed by atoms with Crippen molar-refractivity contribution in [2.24, 2.45) is 5.92 Å². The fraction of sp³-hybridized carbons (Fsp3) is 0.800. The lowest BCUT2D eigenvalue weighted by Crippen LogP contribution is -2.26. The lowest BCUT2D eigenvalue weighted by atomic mass is 10.0. The average molecular weight is 252 g/mol. The predicted octanol–water partition coefficient (Wildman–Crippen LogP) is 4.06. The first kappa shape index (κ1) is 15.1. The molecule has 0 aliphatic carbocycles. The highest BCUT2D eigenvalue weighted by molar-refractivity contribution is 5.35. The Balaban J connectivity index is 3.32. The van der Waals surface area contributed by atoms with Crippen molar-refractivity contribution in [3.63, 3.8) is 0 Å². The molecule has 1 aromatic heterocycles. The summed E-state index contributed by atoms with van der Waals surface area (Å²) in [6, 6.07) is 0. The minimum atomic E-state index is -0.0899. The second-order valence-corrected chi connectivity index (χ2v) is 6.67. The van der Waals surface area contributed by atoms with Gasteiger partial charge in [0, 0.05) is 5.92 Å². The smallest absolute Gasteiger partial charge is 0.160 e. The zero-order chi connectivity index (χ0) is 14.1. The molecule has 0 aliphatic rings. The molecule has 3 heteroatoms. The molecule has 0 fully saturated rings. The van der Waals surface area contributed by atoms with Crippen molar-refractivity contribution in [1.29, 1.82) is 0 Å². The van der Waals surface area contributed by atoms with Gasteiger partial charge in [0.1, 0.15) is 5.69 Å². The van der Waals surface area contributed by atoms with Crippen molar-refractivity contribution >= 4 is 0 Å². The van der Waals surface area contributed by atoms with Gasteiger partial charge in [-0.2, -0.15) is 5.10 Å². The normalized spacial score (nSPS) is 14.2. The Labute approximate surface area is 111 Å². The van der Waals surface area contributed by atoms with Crippen LogP contribution in [0.25, 0.3) is 0 Å². The summed E-state index contributed by atoms with van der Waals surface area (Å²) in [7, 11) is 0. The van der Waals surface area contributed by atoms with Crippen molar-refractivity contribution in [3.05, 3.63) is 11.4 Å². The average Bonchev–Trinajstić information content (AvgIpc) is 2.54. The molecule has 1 aromatic rings.